The summed E-state index contributed by atoms with van der Waals surface area (Å²) in [6.07, 6.45) is 1.95. The summed E-state index contributed by atoms with van der Waals surface area (Å²) in [5.41, 5.74) is -0.142. The summed E-state index contributed by atoms with van der Waals surface area (Å²) in [7, 11) is 0. The van der Waals surface area contributed by atoms with Crippen molar-refractivity contribution in [2.75, 3.05) is 26.3 Å². The van der Waals surface area contributed by atoms with Gasteiger partial charge in [-0.1, -0.05) is 0 Å². The molecule has 85 valence electrons. The van der Waals surface area contributed by atoms with Gasteiger partial charge in [-0.25, -0.2) is 5.01 Å². The topological polar surface area (TPSA) is 47.7 Å². The number of morpholine rings is 1. The monoisotopic (exact) mass is 433 g/mol. The molecule has 2 heterocycles. The SMILES string of the molecule is C[C-]1CC2(CO1)CN(N)CCO2.[Lr]. The quantitative estimate of drug-likeness (QED) is 0.429. The maximum Gasteiger partial charge on any atom is 0.0780 e. The van der Waals surface area contributed by atoms with Crippen LogP contribution >= 0.6 is 0 Å². The van der Waals surface area contributed by atoms with E-state index in [0.717, 1.165) is 25.6 Å². The van der Waals surface area contributed by atoms with E-state index in [-0.39, 0.29) is 5.60 Å². The second-order valence-corrected chi connectivity index (χ2v) is 3.67. The minimum Gasteiger partial charge on any atom is -0.547 e. The first kappa shape index (κ1) is 9.92. The molecule has 0 aliphatic carbocycles. The predicted octanol–water partition coefficient (Wildman–Crippen LogP) is -0.0967. The Morgan fingerprint density at radius 3 is 2.85 bits per heavy atom. The van der Waals surface area contributed by atoms with Gasteiger partial charge in [0.25, 0.3) is 0 Å². The van der Waals surface area contributed by atoms with Crippen molar-refractivity contribution in [1.82, 2.24) is 5.01 Å². The van der Waals surface area contributed by atoms with Gasteiger partial charge in [0.05, 0.1) is 12.2 Å². The van der Waals surface area contributed by atoms with Crippen LogP contribution in [0.1, 0.15) is 13.3 Å². The van der Waals surface area contributed by atoms with Crippen molar-refractivity contribution in [3.63, 3.8) is 0 Å². The Hall–Kier alpha value is -1.16. The van der Waals surface area contributed by atoms with Gasteiger partial charge in [0, 0.05) is 19.7 Å². The van der Waals surface area contributed by atoms with E-state index in [0.29, 0.717) is 13.2 Å². The predicted molar refractivity (Wildman–Crippen MR) is 43.9 cm³/mol. The minimum absolute atomic E-state index is 0. The fraction of sp³-hybridized carbons (Fsp3) is 0.875. The van der Waals surface area contributed by atoms with Crippen LogP contribution in [-0.4, -0.2) is 36.9 Å². The molecule has 2 rings (SSSR count). The number of nitrogens with two attached hydrogens (primary N) is 1. The molecule has 2 fully saturated rings. The van der Waals surface area contributed by atoms with Gasteiger partial charge in [0.1, 0.15) is 0 Å². The fourth-order valence-electron chi connectivity index (χ4n) is 1.88. The maximum absolute atomic E-state index is 5.72. The minimum atomic E-state index is -0.142. The van der Waals surface area contributed by atoms with E-state index in [1.165, 1.54) is 0 Å². The van der Waals surface area contributed by atoms with Crippen LogP contribution in [0.3, 0.4) is 0 Å². The van der Waals surface area contributed by atoms with E-state index in [1.807, 2.05) is 11.9 Å². The van der Waals surface area contributed by atoms with Gasteiger partial charge in [0.2, 0.25) is 0 Å². The summed E-state index contributed by atoms with van der Waals surface area (Å²) in [6.45, 7) is 4.97. The van der Waals surface area contributed by atoms with E-state index < -0.39 is 0 Å². The third kappa shape index (κ3) is 1.78. The van der Waals surface area contributed by atoms with Crippen LogP contribution in [0, 0.1) is 6.10 Å². The van der Waals surface area contributed by atoms with Crippen molar-refractivity contribution >= 4 is 0 Å². The van der Waals surface area contributed by atoms with Crippen molar-refractivity contribution < 1.29 is 9.47 Å². The third-order valence-electron chi connectivity index (χ3n) is 2.43. The van der Waals surface area contributed by atoms with Gasteiger partial charge in [-0.2, -0.15) is 13.0 Å². The van der Waals surface area contributed by atoms with Crippen LogP contribution in [0.25, 0.3) is 0 Å². The Morgan fingerprint density at radius 1 is 1.54 bits per heavy atom. The second-order valence-electron chi connectivity index (χ2n) is 3.67. The molecule has 2 aliphatic rings. The Morgan fingerprint density at radius 2 is 2.31 bits per heavy atom. The van der Waals surface area contributed by atoms with Crippen molar-refractivity contribution in [1.29, 1.82) is 0 Å². The molecule has 1 radical (unpaired) electrons. The number of nitrogens with zero attached hydrogens (tertiary/aromatic N) is 1. The molecule has 1 atom stereocenters. The van der Waals surface area contributed by atoms with E-state index in [4.69, 9.17) is 15.3 Å². The molecule has 1 spiro atoms. The van der Waals surface area contributed by atoms with Crippen molar-refractivity contribution in [3.8, 4) is 0 Å². The summed E-state index contributed by atoms with van der Waals surface area (Å²) in [4.78, 5) is 0. The van der Waals surface area contributed by atoms with Gasteiger partial charge in [-0.3, -0.25) is 5.84 Å². The molecule has 0 aromatic heterocycles. The molecule has 0 saturated carbocycles. The summed E-state index contributed by atoms with van der Waals surface area (Å²) in [5, 5.41) is 1.81. The van der Waals surface area contributed by atoms with Crippen molar-refractivity contribution in [3.05, 3.63) is 6.10 Å². The summed E-state index contributed by atoms with van der Waals surface area (Å²) >= 11 is 0. The molecule has 0 bridgehead atoms. The van der Waals surface area contributed by atoms with Gasteiger partial charge in [-0.05, 0) is 0 Å². The summed E-state index contributed by atoms with van der Waals surface area (Å²) in [6, 6.07) is 0. The Balaban J connectivity index is 0.000000845. The van der Waals surface area contributed by atoms with Gasteiger partial charge in [0.15, 0.2) is 0 Å². The van der Waals surface area contributed by atoms with Gasteiger partial charge in [-0.15, -0.1) is 6.42 Å². The number of rotatable bonds is 0. The first-order valence-corrected chi connectivity index (χ1v) is 4.29. The standard InChI is InChI=1S/C8H15N2O2.Lr/c1-7-4-8(6-11-7)5-10(9)2-3-12-8;/h2-6,9H2,1H3;/q-1;. The van der Waals surface area contributed by atoms with E-state index in [1.54, 1.807) is 0 Å². The number of hydrogen-bond acceptors (Lipinski definition) is 4. The fourth-order valence-corrected chi connectivity index (χ4v) is 1.88. The average molecular weight is 433 g/mol. The molecule has 2 aliphatic heterocycles. The molecular weight excluding hydrogens is 418 g/mol. The first-order chi connectivity index (χ1) is 5.70. The number of hydrogen-bond donors (Lipinski definition) is 1. The summed E-state index contributed by atoms with van der Waals surface area (Å²) < 4.78 is 11.1. The van der Waals surface area contributed by atoms with Crippen LogP contribution in [0.4, 0.5) is 0 Å². The maximum atomic E-state index is 5.72. The van der Waals surface area contributed by atoms with Gasteiger partial charge < -0.3 is 9.47 Å². The molecule has 2 N–H and O–H groups in total. The zero-order valence-electron chi connectivity index (χ0n) is 7.63. The van der Waals surface area contributed by atoms with Crippen molar-refractivity contribution in [2.45, 2.75) is 18.9 Å². The Bertz CT molecular complexity index is 178. The largest absolute Gasteiger partial charge is 0.547 e. The molecule has 0 aromatic rings. The number of hydrazine groups is 1. The first-order valence-electron chi connectivity index (χ1n) is 4.29. The molecule has 4 nitrogen and oxygen atoms in total. The van der Waals surface area contributed by atoms with Crippen molar-refractivity contribution in [2.24, 2.45) is 5.84 Å². The smallest absolute Gasteiger partial charge is 0.0780 e. The molecular formula is C8H15LrN2O2-. The van der Waals surface area contributed by atoms with Crippen LogP contribution in [-0.2, 0) is 9.47 Å². The van der Waals surface area contributed by atoms with Crippen LogP contribution < -0.4 is 5.84 Å². The van der Waals surface area contributed by atoms with E-state index in [9.17, 15) is 0 Å². The van der Waals surface area contributed by atoms with Crippen LogP contribution in [0.2, 0.25) is 0 Å². The Labute approximate surface area is 72.6 Å². The van der Waals surface area contributed by atoms with E-state index in [2.05, 4.69) is 0 Å². The molecule has 13 heavy (non-hydrogen) atoms. The third-order valence-corrected chi connectivity index (χ3v) is 2.43. The summed E-state index contributed by atoms with van der Waals surface area (Å²) in [5.74, 6) is 5.72. The normalized spacial score (nSPS) is 36.5. The van der Waals surface area contributed by atoms with E-state index >= 15 is 0 Å². The zero-order valence-corrected chi connectivity index (χ0v) is 9.78. The van der Waals surface area contributed by atoms with Crippen LogP contribution in [0.15, 0.2) is 0 Å². The second kappa shape index (κ2) is 3.30. The molecule has 2 saturated heterocycles. The molecule has 0 aromatic carbocycles. The Kier molecular flexibility index (Phi) is 2.52. The zero-order chi connectivity index (χ0) is 8.60. The molecule has 5 heteroatoms. The van der Waals surface area contributed by atoms with Gasteiger partial charge >= 0.3 is 0 Å². The number of ether oxygens (including phenoxy) is 2. The average Bonchev–Trinajstić information content (AvgIpc) is 2.32. The molecule has 1 unspecified atom stereocenters. The molecule has 0 amide bonds. The van der Waals surface area contributed by atoms with Crippen LogP contribution in [0.5, 0.6) is 0 Å².